The van der Waals surface area contributed by atoms with Crippen molar-refractivity contribution in [2.75, 3.05) is 46.3 Å². The molecule has 0 atom stereocenters. The Bertz CT molecular complexity index is 729. The molecule has 8 nitrogen and oxygen atoms in total. The van der Waals surface area contributed by atoms with Crippen LogP contribution in [-0.2, 0) is 9.59 Å². The van der Waals surface area contributed by atoms with E-state index >= 15 is 0 Å². The van der Waals surface area contributed by atoms with Crippen molar-refractivity contribution in [1.29, 1.82) is 0 Å². The highest BCUT2D eigenvalue weighted by Gasteiger charge is 2.34. The van der Waals surface area contributed by atoms with E-state index < -0.39 is 11.9 Å². The van der Waals surface area contributed by atoms with E-state index in [1.54, 1.807) is 0 Å². The van der Waals surface area contributed by atoms with Gasteiger partial charge in [-0.15, -0.1) is 11.8 Å². The Morgan fingerprint density at radius 3 is 1.97 bits per heavy atom. The van der Waals surface area contributed by atoms with Crippen LogP contribution < -0.4 is 0 Å². The highest BCUT2D eigenvalue weighted by molar-refractivity contribution is 8.00. The van der Waals surface area contributed by atoms with Crippen LogP contribution in [0.2, 0.25) is 5.02 Å². The number of hydrogen-bond donors (Lipinski definition) is 2. The number of amides is 2. The van der Waals surface area contributed by atoms with E-state index in [-0.39, 0.29) is 6.03 Å². The van der Waals surface area contributed by atoms with Crippen molar-refractivity contribution in [2.45, 2.75) is 10.1 Å². The number of thioether (sulfide) groups is 1. The summed E-state index contributed by atoms with van der Waals surface area (Å²) in [5.74, 6) is -2.51. The van der Waals surface area contributed by atoms with E-state index in [0.717, 1.165) is 44.3 Å². The normalized spacial score (nSPS) is 17.4. The molecular formula is C19H24ClN3O5S. The molecule has 3 rings (SSSR count). The number of aliphatic carboxylic acids is 2. The van der Waals surface area contributed by atoms with E-state index in [1.165, 1.54) is 4.90 Å². The van der Waals surface area contributed by atoms with E-state index in [4.69, 9.17) is 21.8 Å². The predicted octanol–water partition coefficient (Wildman–Crippen LogP) is 2.20. The van der Waals surface area contributed by atoms with Crippen LogP contribution in [-0.4, -0.2) is 94.4 Å². The SMILES string of the molecule is CN1CCN(C(=O)N2CC(Sc3ccc(Cl)cc3)C2)CC1.O=C(O)/C=C/C(=O)O. The van der Waals surface area contributed by atoms with Crippen LogP contribution in [0.1, 0.15) is 0 Å². The molecule has 0 saturated carbocycles. The van der Waals surface area contributed by atoms with Gasteiger partial charge >= 0.3 is 18.0 Å². The molecule has 2 N–H and O–H groups in total. The van der Waals surface area contributed by atoms with Crippen LogP contribution in [0, 0.1) is 0 Å². The highest BCUT2D eigenvalue weighted by Crippen LogP contribution is 2.31. The number of benzene rings is 1. The molecule has 29 heavy (non-hydrogen) atoms. The fourth-order valence-electron chi connectivity index (χ4n) is 2.71. The topological polar surface area (TPSA) is 101 Å². The van der Waals surface area contributed by atoms with Crippen molar-refractivity contribution in [3.05, 3.63) is 41.4 Å². The van der Waals surface area contributed by atoms with Gasteiger partial charge < -0.3 is 24.9 Å². The van der Waals surface area contributed by atoms with Crippen LogP contribution in [0.15, 0.2) is 41.3 Å². The lowest BCUT2D eigenvalue weighted by Crippen LogP contribution is -2.59. The zero-order valence-electron chi connectivity index (χ0n) is 16.0. The Kier molecular flexibility index (Phi) is 8.81. The van der Waals surface area contributed by atoms with Crippen molar-refractivity contribution in [1.82, 2.24) is 14.7 Å². The minimum Gasteiger partial charge on any atom is -0.478 e. The molecular weight excluding hydrogens is 418 g/mol. The Balaban J connectivity index is 0.000000321. The summed E-state index contributed by atoms with van der Waals surface area (Å²) in [6.07, 6.45) is 1.12. The zero-order chi connectivity index (χ0) is 21.4. The summed E-state index contributed by atoms with van der Waals surface area (Å²) in [6.45, 7) is 5.34. The quantitative estimate of drug-likeness (QED) is 0.690. The minimum absolute atomic E-state index is 0.205. The number of hydrogen-bond acceptors (Lipinski definition) is 5. The molecule has 0 bridgehead atoms. The monoisotopic (exact) mass is 441 g/mol. The van der Waals surface area contributed by atoms with Gasteiger partial charge in [-0.2, -0.15) is 0 Å². The first kappa shape index (κ1) is 23.1. The number of halogens is 1. The Morgan fingerprint density at radius 1 is 0.966 bits per heavy atom. The average Bonchev–Trinajstić information content (AvgIpc) is 2.65. The van der Waals surface area contributed by atoms with Crippen molar-refractivity contribution in [2.24, 2.45) is 0 Å². The van der Waals surface area contributed by atoms with Crippen LogP contribution in [0.4, 0.5) is 4.79 Å². The maximum Gasteiger partial charge on any atom is 0.328 e. The Morgan fingerprint density at radius 2 is 1.48 bits per heavy atom. The summed E-state index contributed by atoms with van der Waals surface area (Å²) in [5, 5.41) is 16.9. The number of nitrogens with zero attached hydrogens (tertiary/aromatic N) is 3. The molecule has 158 valence electrons. The molecule has 0 unspecified atom stereocenters. The number of carboxylic acids is 2. The van der Waals surface area contributed by atoms with Gasteiger partial charge in [-0.05, 0) is 31.3 Å². The van der Waals surface area contributed by atoms with Crippen LogP contribution in [0.5, 0.6) is 0 Å². The van der Waals surface area contributed by atoms with E-state index in [0.29, 0.717) is 17.4 Å². The van der Waals surface area contributed by atoms with Gasteiger partial charge in [0, 0.05) is 66.6 Å². The highest BCUT2D eigenvalue weighted by atomic mass is 35.5. The third-order valence-corrected chi connectivity index (χ3v) is 5.81. The van der Waals surface area contributed by atoms with Crippen molar-refractivity contribution < 1.29 is 24.6 Å². The van der Waals surface area contributed by atoms with Crippen LogP contribution in [0.25, 0.3) is 0 Å². The molecule has 2 fully saturated rings. The number of rotatable bonds is 4. The lowest BCUT2D eigenvalue weighted by Gasteiger charge is -2.43. The fourth-order valence-corrected chi connectivity index (χ4v) is 4.03. The molecule has 0 radical (unpaired) electrons. The number of carbonyl (C=O) groups is 3. The summed E-state index contributed by atoms with van der Waals surface area (Å²) in [5.41, 5.74) is 0. The maximum atomic E-state index is 12.3. The largest absolute Gasteiger partial charge is 0.478 e. The van der Waals surface area contributed by atoms with Crippen LogP contribution in [0.3, 0.4) is 0 Å². The molecule has 1 aromatic carbocycles. The third-order valence-electron chi connectivity index (χ3n) is 4.38. The first-order chi connectivity index (χ1) is 13.7. The van der Waals surface area contributed by atoms with Gasteiger partial charge in [0.05, 0.1) is 0 Å². The van der Waals surface area contributed by atoms with Crippen molar-refractivity contribution in [3.8, 4) is 0 Å². The number of piperazine rings is 1. The zero-order valence-corrected chi connectivity index (χ0v) is 17.6. The van der Waals surface area contributed by atoms with Gasteiger partial charge in [0.1, 0.15) is 0 Å². The van der Waals surface area contributed by atoms with E-state index in [9.17, 15) is 14.4 Å². The lowest BCUT2D eigenvalue weighted by molar-refractivity contribution is -0.134. The smallest absolute Gasteiger partial charge is 0.328 e. The standard InChI is InChI=1S/C15H20ClN3OS.C4H4O4/c1-17-6-8-18(9-7-17)15(20)19-10-14(11-19)21-13-4-2-12(16)3-5-13;5-3(6)1-2-4(7)8/h2-5,14H,6-11H2,1H3;1-2H,(H,5,6)(H,7,8)/b;2-1+. The molecule has 2 saturated heterocycles. The predicted molar refractivity (Wildman–Crippen MR) is 112 cm³/mol. The number of likely N-dealkylation sites (N-methyl/N-ethyl adjacent to an activating group) is 1. The molecule has 2 aliphatic heterocycles. The molecule has 2 aliphatic rings. The van der Waals surface area contributed by atoms with E-state index in [1.807, 2.05) is 45.8 Å². The lowest BCUT2D eigenvalue weighted by atomic mass is 10.2. The maximum absolute atomic E-state index is 12.3. The number of carbonyl (C=O) groups excluding carboxylic acids is 1. The summed E-state index contributed by atoms with van der Waals surface area (Å²) in [6, 6.07) is 8.11. The van der Waals surface area contributed by atoms with Gasteiger partial charge in [-0.25, -0.2) is 14.4 Å². The van der Waals surface area contributed by atoms with E-state index in [2.05, 4.69) is 11.9 Å². The first-order valence-electron chi connectivity index (χ1n) is 9.03. The van der Waals surface area contributed by atoms with Gasteiger partial charge in [0.2, 0.25) is 0 Å². The van der Waals surface area contributed by atoms with Gasteiger partial charge in [0.15, 0.2) is 0 Å². The summed E-state index contributed by atoms with van der Waals surface area (Å²) in [4.78, 5) is 38.9. The second kappa shape index (κ2) is 11.1. The molecule has 0 aromatic heterocycles. The number of urea groups is 1. The van der Waals surface area contributed by atoms with Gasteiger partial charge in [-0.3, -0.25) is 0 Å². The molecule has 2 heterocycles. The second-order valence-electron chi connectivity index (χ2n) is 6.68. The average molecular weight is 442 g/mol. The minimum atomic E-state index is -1.26. The summed E-state index contributed by atoms with van der Waals surface area (Å²) >= 11 is 7.71. The van der Waals surface area contributed by atoms with Gasteiger partial charge in [-0.1, -0.05) is 11.6 Å². The second-order valence-corrected chi connectivity index (χ2v) is 8.49. The Labute approximate surface area is 178 Å². The molecule has 1 aromatic rings. The fraction of sp³-hybridized carbons (Fsp3) is 0.421. The summed E-state index contributed by atoms with van der Waals surface area (Å²) < 4.78 is 0. The van der Waals surface area contributed by atoms with Crippen molar-refractivity contribution in [3.63, 3.8) is 0 Å². The Hall–Kier alpha value is -2.23. The molecule has 0 aliphatic carbocycles. The first-order valence-corrected chi connectivity index (χ1v) is 10.3. The molecule has 2 amide bonds. The number of carboxylic acid groups (broad SMARTS) is 2. The summed E-state index contributed by atoms with van der Waals surface area (Å²) in [7, 11) is 2.10. The van der Waals surface area contributed by atoms with Crippen molar-refractivity contribution >= 4 is 41.3 Å². The molecule has 0 spiro atoms. The number of likely N-dealkylation sites (tertiary alicyclic amines) is 1. The third kappa shape index (κ3) is 7.96. The molecule has 10 heteroatoms. The van der Waals surface area contributed by atoms with Crippen LogP contribution >= 0.6 is 23.4 Å². The van der Waals surface area contributed by atoms with Gasteiger partial charge in [0.25, 0.3) is 0 Å².